The van der Waals surface area contributed by atoms with E-state index in [1.165, 1.54) is 13.8 Å². The lowest BCUT2D eigenvalue weighted by atomic mass is 9.90. The van der Waals surface area contributed by atoms with Crippen LogP contribution in [0.3, 0.4) is 0 Å². The van der Waals surface area contributed by atoms with Gasteiger partial charge in [0.25, 0.3) is 10.1 Å². The van der Waals surface area contributed by atoms with Crippen LogP contribution in [0.5, 0.6) is 0 Å². The molecular weight excluding hydrogens is 348 g/mol. The van der Waals surface area contributed by atoms with Crippen LogP contribution in [0.1, 0.15) is 53.9 Å². The zero-order valence-corrected chi connectivity index (χ0v) is 16.1. The van der Waals surface area contributed by atoms with Crippen molar-refractivity contribution in [2.75, 3.05) is 0 Å². The highest BCUT2D eigenvalue weighted by molar-refractivity contribution is 7.87. The van der Waals surface area contributed by atoms with Gasteiger partial charge in [0.05, 0.1) is 10.7 Å². The molecule has 0 N–H and O–H groups in total. The van der Waals surface area contributed by atoms with Gasteiger partial charge in [-0.1, -0.05) is 6.92 Å². The first-order valence-electron chi connectivity index (χ1n) is 8.75. The van der Waals surface area contributed by atoms with Crippen molar-refractivity contribution in [3.8, 4) is 0 Å². The predicted octanol–water partition coefficient (Wildman–Crippen LogP) is 1.79. The zero-order chi connectivity index (χ0) is 18.8. The van der Waals surface area contributed by atoms with Gasteiger partial charge >= 0.3 is 11.9 Å². The number of carbonyl (C=O) groups excluding carboxylic acids is 2. The lowest BCUT2D eigenvalue weighted by Gasteiger charge is -2.32. The van der Waals surface area contributed by atoms with E-state index >= 15 is 0 Å². The van der Waals surface area contributed by atoms with Crippen molar-refractivity contribution in [2.24, 2.45) is 17.3 Å². The Hall–Kier alpha value is -1.15. The van der Waals surface area contributed by atoms with Crippen LogP contribution >= 0.6 is 0 Å². The third-order valence-electron chi connectivity index (χ3n) is 5.93. The highest BCUT2D eigenvalue weighted by Crippen LogP contribution is 2.55. The number of esters is 2. The van der Waals surface area contributed by atoms with E-state index in [2.05, 4.69) is 0 Å². The minimum Gasteiger partial charge on any atom is -0.456 e. The number of rotatable bonds is 5. The molecule has 0 aromatic rings. The summed E-state index contributed by atoms with van der Waals surface area (Å²) in [5.41, 5.74) is -2.14. The summed E-state index contributed by atoms with van der Waals surface area (Å²) >= 11 is 0. The molecule has 2 saturated carbocycles. The first-order valence-corrected chi connectivity index (χ1v) is 10.2. The Bertz CT molecular complexity index is 694. The molecule has 0 aromatic heterocycles. The largest absolute Gasteiger partial charge is 0.456 e. The number of fused-ring (bicyclic) bond motifs is 1. The molecule has 142 valence electrons. The SMILES string of the molecule is CCC(C)(C)C(=O)OC(C)(C)C(=O)OC1C2CC3C1OS(=O)(=O)C3C2. The first kappa shape index (κ1) is 18.6. The Morgan fingerprint density at radius 2 is 1.76 bits per heavy atom. The Kier molecular flexibility index (Phi) is 4.23. The Balaban J connectivity index is 1.68. The van der Waals surface area contributed by atoms with Gasteiger partial charge in [-0.25, -0.2) is 4.79 Å². The molecule has 8 heteroatoms. The van der Waals surface area contributed by atoms with E-state index in [1.54, 1.807) is 13.8 Å². The van der Waals surface area contributed by atoms with E-state index in [1.807, 2.05) is 6.92 Å². The zero-order valence-electron chi connectivity index (χ0n) is 15.3. The van der Waals surface area contributed by atoms with Crippen molar-refractivity contribution in [1.82, 2.24) is 0 Å². The fourth-order valence-corrected chi connectivity index (χ4v) is 5.75. The van der Waals surface area contributed by atoms with Gasteiger partial charge < -0.3 is 9.47 Å². The van der Waals surface area contributed by atoms with Crippen molar-refractivity contribution in [3.63, 3.8) is 0 Å². The van der Waals surface area contributed by atoms with Crippen LogP contribution in [0.15, 0.2) is 0 Å². The summed E-state index contributed by atoms with van der Waals surface area (Å²) < 4.78 is 40.1. The molecule has 3 rings (SSSR count). The van der Waals surface area contributed by atoms with Crippen LogP contribution in [0, 0.1) is 17.3 Å². The molecule has 2 aliphatic carbocycles. The number of ether oxygens (including phenoxy) is 2. The number of hydrogen-bond donors (Lipinski definition) is 0. The minimum absolute atomic E-state index is 0.0141. The molecule has 5 atom stereocenters. The Morgan fingerprint density at radius 1 is 1.12 bits per heavy atom. The van der Waals surface area contributed by atoms with Crippen molar-refractivity contribution in [1.29, 1.82) is 0 Å². The molecule has 0 spiro atoms. The lowest BCUT2D eigenvalue weighted by molar-refractivity contribution is -0.191. The van der Waals surface area contributed by atoms with E-state index in [4.69, 9.17) is 13.7 Å². The van der Waals surface area contributed by atoms with Crippen molar-refractivity contribution in [3.05, 3.63) is 0 Å². The molecular formula is C17H26O7S. The Morgan fingerprint density at radius 3 is 2.36 bits per heavy atom. The highest BCUT2D eigenvalue weighted by Gasteiger charge is 2.65. The summed E-state index contributed by atoms with van der Waals surface area (Å²) in [6.45, 7) is 8.35. The van der Waals surface area contributed by atoms with Gasteiger partial charge in [-0.15, -0.1) is 0 Å². The average Bonchev–Trinajstić information content (AvgIpc) is 3.10. The second-order valence-corrected chi connectivity index (χ2v) is 10.3. The normalized spacial score (nSPS) is 35.6. The van der Waals surface area contributed by atoms with E-state index in [0.29, 0.717) is 19.3 Å². The second kappa shape index (κ2) is 5.67. The molecule has 1 aliphatic heterocycles. The number of carbonyl (C=O) groups is 2. The molecule has 2 bridgehead atoms. The standard InChI is InChI=1S/C17H26O7S/c1-6-16(2,3)14(18)23-17(4,5)15(19)22-12-9-7-10-11(8-9)25(20,21)24-13(10)12/h9-13H,6-8H2,1-5H3. The van der Waals surface area contributed by atoms with Crippen LogP contribution in [0.4, 0.5) is 0 Å². The lowest BCUT2D eigenvalue weighted by Crippen LogP contribution is -2.46. The van der Waals surface area contributed by atoms with Crippen LogP contribution in [-0.2, 0) is 33.4 Å². The maximum Gasteiger partial charge on any atom is 0.350 e. The minimum atomic E-state index is -3.55. The highest BCUT2D eigenvalue weighted by atomic mass is 32.2. The topological polar surface area (TPSA) is 96.0 Å². The van der Waals surface area contributed by atoms with E-state index in [0.717, 1.165) is 0 Å². The van der Waals surface area contributed by atoms with Gasteiger partial charge in [0.1, 0.15) is 12.2 Å². The van der Waals surface area contributed by atoms with E-state index in [9.17, 15) is 18.0 Å². The van der Waals surface area contributed by atoms with Gasteiger partial charge in [0.15, 0.2) is 0 Å². The third kappa shape index (κ3) is 2.97. The fraction of sp³-hybridized carbons (Fsp3) is 0.882. The van der Waals surface area contributed by atoms with Crippen molar-refractivity contribution in [2.45, 2.75) is 76.9 Å². The molecule has 5 unspecified atom stereocenters. The van der Waals surface area contributed by atoms with Crippen LogP contribution in [-0.4, -0.2) is 43.4 Å². The van der Waals surface area contributed by atoms with E-state index < -0.39 is 50.5 Å². The van der Waals surface area contributed by atoms with Crippen LogP contribution in [0.25, 0.3) is 0 Å². The Labute approximate surface area is 148 Å². The molecule has 7 nitrogen and oxygen atoms in total. The average molecular weight is 374 g/mol. The van der Waals surface area contributed by atoms with Gasteiger partial charge in [-0.3, -0.25) is 8.98 Å². The maximum atomic E-state index is 12.6. The van der Waals surface area contributed by atoms with Gasteiger partial charge in [-0.2, -0.15) is 8.42 Å². The summed E-state index contributed by atoms with van der Waals surface area (Å²) in [6, 6.07) is 0. The molecule has 25 heavy (non-hydrogen) atoms. The quantitative estimate of drug-likeness (QED) is 0.535. The summed E-state index contributed by atoms with van der Waals surface area (Å²) in [7, 11) is -3.55. The second-order valence-electron chi connectivity index (χ2n) is 8.49. The monoisotopic (exact) mass is 374 g/mol. The third-order valence-corrected chi connectivity index (χ3v) is 7.71. The molecule has 1 saturated heterocycles. The first-order chi connectivity index (χ1) is 11.4. The molecule has 0 amide bonds. The van der Waals surface area contributed by atoms with Crippen molar-refractivity contribution >= 4 is 22.1 Å². The van der Waals surface area contributed by atoms with Crippen molar-refractivity contribution < 1.29 is 31.7 Å². The molecule has 3 aliphatic rings. The van der Waals surface area contributed by atoms with Crippen LogP contribution in [0.2, 0.25) is 0 Å². The van der Waals surface area contributed by atoms with Gasteiger partial charge in [-0.05, 0) is 47.0 Å². The fourth-order valence-electron chi connectivity index (χ4n) is 3.87. The van der Waals surface area contributed by atoms with Crippen LogP contribution < -0.4 is 0 Å². The van der Waals surface area contributed by atoms with E-state index in [-0.39, 0.29) is 11.8 Å². The smallest absolute Gasteiger partial charge is 0.350 e. The van der Waals surface area contributed by atoms with Gasteiger partial charge in [0.2, 0.25) is 5.60 Å². The summed E-state index contributed by atoms with van der Waals surface area (Å²) in [5, 5.41) is -0.464. The summed E-state index contributed by atoms with van der Waals surface area (Å²) in [5.74, 6) is -1.25. The predicted molar refractivity (Wildman–Crippen MR) is 87.9 cm³/mol. The molecule has 0 aromatic carbocycles. The van der Waals surface area contributed by atoms with Gasteiger partial charge in [0, 0.05) is 11.8 Å². The summed E-state index contributed by atoms with van der Waals surface area (Å²) in [6.07, 6.45) is 0.540. The number of hydrogen-bond acceptors (Lipinski definition) is 7. The molecule has 0 radical (unpaired) electrons. The maximum absolute atomic E-state index is 12.6. The molecule has 1 heterocycles. The summed E-state index contributed by atoms with van der Waals surface area (Å²) in [4.78, 5) is 24.8. The molecule has 3 fully saturated rings.